The molecule has 25 heteroatoms. The highest BCUT2D eigenvalue weighted by molar-refractivity contribution is 8.44. The van der Waals surface area contributed by atoms with Gasteiger partial charge in [-0.2, -0.15) is 4.98 Å². The first-order valence-corrected chi connectivity index (χ1v) is 18.7. The van der Waals surface area contributed by atoms with E-state index in [0.29, 0.717) is 0 Å². The Hall–Kier alpha value is -2.69. The molecule has 3 fully saturated rings. The van der Waals surface area contributed by atoms with Crippen LogP contribution in [0.15, 0.2) is 23.8 Å². The van der Waals surface area contributed by atoms with Gasteiger partial charge in [-0.3, -0.25) is 37.0 Å². The zero-order valence-corrected chi connectivity index (χ0v) is 26.8. The van der Waals surface area contributed by atoms with E-state index in [4.69, 9.17) is 39.0 Å². The number of hydrogen-bond acceptors (Lipinski definition) is 17. The number of aliphatic hydroxyl groups is 1. The summed E-state index contributed by atoms with van der Waals surface area (Å²) in [5, 5.41) is 11.2. The third kappa shape index (κ3) is 5.42. The first-order chi connectivity index (χ1) is 21.7. The number of aliphatic hydroxyl groups excluding tert-OH is 1. The van der Waals surface area contributed by atoms with Gasteiger partial charge in [0.05, 0.1) is 25.9 Å². The van der Waals surface area contributed by atoms with Crippen molar-refractivity contribution >= 4 is 72.2 Å². The van der Waals surface area contributed by atoms with Crippen LogP contribution >= 0.6 is 38.1 Å². The molecule has 0 spiro atoms. The predicted octanol–water partition coefficient (Wildman–Crippen LogP) is 0.901. The van der Waals surface area contributed by atoms with Crippen LogP contribution in [0.4, 0.5) is 16.2 Å². The number of alkyl halides is 1. The fraction of sp³-hybridized carbons (Fsp3) is 0.524. The number of rotatable bonds is 2. The molecule has 4 aromatic heterocycles. The predicted molar refractivity (Wildman–Crippen MR) is 160 cm³/mol. The van der Waals surface area contributed by atoms with Crippen LogP contribution in [0.1, 0.15) is 19.4 Å². The zero-order valence-electron chi connectivity index (χ0n) is 23.3. The quantitative estimate of drug-likeness (QED) is 0.124. The second-order valence-electron chi connectivity index (χ2n) is 10.8. The van der Waals surface area contributed by atoms with Gasteiger partial charge in [-0.25, -0.2) is 33.5 Å². The topological polar surface area (TPSA) is 269 Å². The Balaban J connectivity index is 1.23. The highest BCUT2D eigenvalue weighted by Crippen LogP contribution is 2.61. The van der Waals surface area contributed by atoms with Gasteiger partial charge in [-0.05, 0) is 6.92 Å². The Kier molecular flexibility index (Phi) is 7.76. The summed E-state index contributed by atoms with van der Waals surface area (Å²) in [6, 6.07) is 0. The maximum Gasteiger partial charge on any atom is 0.386 e. The molecule has 0 aliphatic carbocycles. The summed E-state index contributed by atoms with van der Waals surface area (Å²) in [6.07, 6.45) is -7.52. The number of thiol groups is 2. The van der Waals surface area contributed by atoms with Crippen LogP contribution in [0.5, 0.6) is 0 Å². The van der Waals surface area contributed by atoms with Gasteiger partial charge in [0.15, 0.2) is 41.3 Å². The van der Waals surface area contributed by atoms with E-state index in [-0.39, 0.29) is 34.1 Å². The van der Waals surface area contributed by atoms with E-state index in [1.165, 1.54) is 28.7 Å². The fourth-order valence-corrected chi connectivity index (χ4v) is 8.55. The summed E-state index contributed by atoms with van der Waals surface area (Å²) in [5.41, 5.74) is 9.23. The molecule has 4 unspecified atom stereocenters. The Morgan fingerprint density at radius 2 is 1.74 bits per heavy atom. The molecular weight excluding hydrogens is 697 g/mol. The van der Waals surface area contributed by atoms with Gasteiger partial charge >= 0.3 is 13.6 Å². The maximum absolute atomic E-state index is 16.2. The number of hydrogen-bond donors (Lipinski definition) is 6. The molecule has 7 heterocycles. The number of anilines is 2. The van der Waals surface area contributed by atoms with Crippen molar-refractivity contribution < 1.29 is 46.2 Å². The average molecular weight is 723 g/mol. The van der Waals surface area contributed by atoms with E-state index < -0.39 is 81.0 Å². The summed E-state index contributed by atoms with van der Waals surface area (Å²) < 4.78 is 80.1. The number of halogens is 1. The van der Waals surface area contributed by atoms with Gasteiger partial charge in [-0.15, -0.1) is 0 Å². The zero-order chi connectivity index (χ0) is 32.8. The molecule has 7 rings (SSSR count). The number of nitrogens with two attached hydrogens (primary N) is 2. The van der Waals surface area contributed by atoms with Crippen LogP contribution in [0.25, 0.3) is 22.3 Å². The summed E-state index contributed by atoms with van der Waals surface area (Å²) in [5.74, 6) is -0.198. The third-order valence-corrected chi connectivity index (χ3v) is 10.9. The second-order valence-corrected chi connectivity index (χ2v) is 16.5. The van der Waals surface area contributed by atoms with Gasteiger partial charge in [0.25, 0.3) is 5.56 Å². The molecule has 6 N–H and O–H groups in total. The van der Waals surface area contributed by atoms with Crippen LogP contribution < -0.4 is 17.0 Å². The Bertz CT molecular complexity index is 2000. The molecule has 0 amide bonds. The Morgan fingerprint density at radius 1 is 1.04 bits per heavy atom. The first kappa shape index (κ1) is 31.9. The molecule has 248 valence electrons. The highest BCUT2D eigenvalue weighted by atomic mass is 32.7. The second kappa shape index (κ2) is 11.2. The van der Waals surface area contributed by atoms with E-state index in [1.54, 1.807) is 0 Å². The van der Waals surface area contributed by atoms with Crippen LogP contribution in [0, 0.1) is 0 Å². The lowest BCUT2D eigenvalue weighted by Crippen LogP contribution is -2.44. The average Bonchev–Trinajstić information content (AvgIpc) is 3.73. The summed E-state index contributed by atoms with van der Waals surface area (Å²) in [7, 11) is 0. The largest absolute Gasteiger partial charge is 0.387 e. The Morgan fingerprint density at radius 3 is 2.50 bits per heavy atom. The summed E-state index contributed by atoms with van der Waals surface area (Å²) in [4.78, 5) is 34.8. The number of nitrogens with one attached hydrogen (secondary N) is 1. The minimum Gasteiger partial charge on any atom is -0.387 e. The lowest BCUT2D eigenvalue weighted by Gasteiger charge is -2.32. The molecule has 0 radical (unpaired) electrons. The van der Waals surface area contributed by atoms with Gasteiger partial charge in [0.1, 0.15) is 41.9 Å². The number of ether oxygens (including phenoxy) is 2. The molecule has 4 aromatic rings. The molecule has 46 heavy (non-hydrogen) atoms. The smallest absolute Gasteiger partial charge is 0.386 e. The SMILES string of the molecule is CC12COP(=O)(S)O[C@@H]3[C@H](O)[C@@H](COP(=O)(S)O[C@H]1[C@@H](F)C(n1cnc4c(N)ncnc41)O2)O[C@H]3n1cnc2c(=O)[nH]c(N)nc21. The number of fused-ring (bicyclic) bond motifs is 5. The number of aromatic amines is 1. The molecule has 0 aromatic carbocycles. The van der Waals surface area contributed by atoms with Crippen LogP contribution in [0.3, 0.4) is 0 Å². The molecule has 10 atom stereocenters. The maximum atomic E-state index is 16.2. The highest BCUT2D eigenvalue weighted by Gasteiger charge is 2.59. The van der Waals surface area contributed by atoms with E-state index in [9.17, 15) is 19.0 Å². The van der Waals surface area contributed by atoms with E-state index in [2.05, 4.69) is 54.4 Å². The van der Waals surface area contributed by atoms with Crippen molar-refractivity contribution in [3.05, 3.63) is 29.3 Å². The lowest BCUT2D eigenvalue weighted by molar-refractivity contribution is -0.110. The number of aromatic nitrogens is 8. The number of H-pyrrole nitrogens is 1. The van der Waals surface area contributed by atoms with Gasteiger partial charge < -0.3 is 26.0 Å². The minimum absolute atomic E-state index is 0.0407. The summed E-state index contributed by atoms with van der Waals surface area (Å²) in [6.45, 7) is -8.89. The van der Waals surface area contributed by atoms with E-state index in [0.717, 1.165) is 6.33 Å². The number of imidazole rings is 2. The van der Waals surface area contributed by atoms with Crippen molar-refractivity contribution in [3.63, 3.8) is 0 Å². The summed E-state index contributed by atoms with van der Waals surface area (Å²) >= 11 is 8.11. The standard InChI is InChI=1S/C21H25FN10O10P2S2/c1-21-3-38-44(36,46)41-12-11(33)7(39-19(12)32-6-28-10-16(32)29-20(24)30-17(10)34)2-37-43(35,45)42-13(21)8(22)18(40-21)31-5-27-9-14(23)25-4-26-15(9)31/h4-8,11-13,18-19,33H,2-3H2,1H3,(H,35,45)(H,36,46)(H2,23,25,26)(H3,24,29,30,34)/t7-,8-,11-,12-,13+,18?,19-,21?,43?,44?/m1/s1. The van der Waals surface area contributed by atoms with Gasteiger partial charge in [0, 0.05) is 0 Å². The van der Waals surface area contributed by atoms with Crippen molar-refractivity contribution in [3.8, 4) is 0 Å². The van der Waals surface area contributed by atoms with Crippen molar-refractivity contribution in [2.24, 2.45) is 0 Å². The normalized spacial score (nSPS) is 38.8. The van der Waals surface area contributed by atoms with Crippen molar-refractivity contribution in [2.45, 2.75) is 55.6 Å². The molecule has 3 saturated heterocycles. The molecule has 2 bridgehead atoms. The molecular formula is C21H25FN10O10P2S2. The van der Waals surface area contributed by atoms with E-state index in [1.807, 2.05) is 0 Å². The van der Waals surface area contributed by atoms with Crippen molar-refractivity contribution in [1.29, 1.82) is 0 Å². The fourth-order valence-electron chi connectivity index (χ4n) is 5.50. The lowest BCUT2D eigenvalue weighted by atomic mass is 9.99. The molecule has 3 aliphatic rings. The van der Waals surface area contributed by atoms with Gasteiger partial charge in [-0.1, -0.05) is 24.5 Å². The number of nitrogen functional groups attached to an aromatic ring is 2. The first-order valence-electron chi connectivity index (χ1n) is 13.3. The number of nitrogens with zero attached hydrogens (tertiary/aromatic N) is 7. The molecule has 3 aliphatic heterocycles. The van der Waals surface area contributed by atoms with E-state index >= 15 is 4.39 Å². The third-order valence-electron chi connectivity index (χ3n) is 7.67. The van der Waals surface area contributed by atoms with Crippen molar-refractivity contribution in [1.82, 2.24) is 39.0 Å². The minimum atomic E-state index is -4.46. The molecule has 20 nitrogen and oxygen atoms in total. The Labute approximate surface area is 266 Å². The van der Waals surface area contributed by atoms with Crippen LogP contribution in [0.2, 0.25) is 0 Å². The van der Waals surface area contributed by atoms with Crippen molar-refractivity contribution in [2.75, 3.05) is 24.7 Å². The molecule has 0 saturated carbocycles. The monoisotopic (exact) mass is 722 g/mol. The van der Waals surface area contributed by atoms with Gasteiger partial charge in [0.2, 0.25) is 5.95 Å². The van der Waals surface area contributed by atoms with Crippen LogP contribution in [-0.2, 0) is 36.7 Å². The van der Waals surface area contributed by atoms with Crippen LogP contribution in [-0.4, -0.2) is 93.5 Å².